The molecular weight excluding hydrogens is 274 g/mol. The number of ether oxygens (including phenoxy) is 2. The van der Waals surface area contributed by atoms with Crippen molar-refractivity contribution in [2.24, 2.45) is 0 Å². The number of benzene rings is 1. The van der Waals surface area contributed by atoms with Crippen LogP contribution in [0, 0.1) is 0 Å². The molecule has 0 radical (unpaired) electrons. The minimum atomic E-state index is -1.00. The highest BCUT2D eigenvalue weighted by molar-refractivity contribution is 5.95. The molecule has 1 heterocycles. The van der Waals surface area contributed by atoms with Gasteiger partial charge in [-0.2, -0.15) is 0 Å². The highest BCUT2D eigenvalue weighted by Crippen LogP contribution is 2.26. The van der Waals surface area contributed by atoms with Gasteiger partial charge in [0.1, 0.15) is 12.2 Å². The van der Waals surface area contributed by atoms with E-state index in [1.807, 2.05) is 12.1 Å². The van der Waals surface area contributed by atoms with E-state index in [1.54, 1.807) is 31.1 Å². The lowest BCUT2D eigenvalue weighted by Gasteiger charge is -2.47. The second-order valence-electron chi connectivity index (χ2n) is 5.42. The van der Waals surface area contributed by atoms with Gasteiger partial charge in [0.2, 0.25) is 0 Å². The Hall–Kier alpha value is -1.92. The molecule has 114 valence electrons. The van der Waals surface area contributed by atoms with Gasteiger partial charge in [-0.15, -0.1) is 0 Å². The van der Waals surface area contributed by atoms with Gasteiger partial charge in [-0.1, -0.05) is 12.1 Å². The predicted molar refractivity (Wildman–Crippen MR) is 75.1 cm³/mol. The van der Waals surface area contributed by atoms with Crippen molar-refractivity contribution < 1.29 is 24.2 Å². The number of carboxylic acid groups (broad SMARTS) is 1. The van der Waals surface area contributed by atoms with Crippen molar-refractivity contribution in [1.82, 2.24) is 4.90 Å². The lowest BCUT2D eigenvalue weighted by atomic mass is 9.95. The Kier molecular flexibility index (Phi) is 4.59. The molecule has 21 heavy (non-hydrogen) atoms. The number of likely N-dealkylation sites (tertiary alicyclic amines) is 1. The minimum absolute atomic E-state index is 0.0737. The molecule has 1 amide bonds. The molecule has 0 saturated carbocycles. The summed E-state index contributed by atoms with van der Waals surface area (Å²) in [5.74, 6) is -1.08. The van der Waals surface area contributed by atoms with Gasteiger partial charge in [-0.25, -0.2) is 4.79 Å². The SMILES string of the molecule is COCc1ccc(C(=O)N2CC(C)(OCC(=O)O)C2)cc1. The molecule has 1 aliphatic rings. The van der Waals surface area contributed by atoms with Gasteiger partial charge in [0.25, 0.3) is 5.91 Å². The number of carbonyl (C=O) groups is 2. The Morgan fingerprint density at radius 2 is 1.90 bits per heavy atom. The van der Waals surface area contributed by atoms with E-state index in [0.29, 0.717) is 25.3 Å². The number of hydrogen-bond donors (Lipinski definition) is 1. The summed E-state index contributed by atoms with van der Waals surface area (Å²) in [5.41, 5.74) is 1.05. The highest BCUT2D eigenvalue weighted by atomic mass is 16.5. The van der Waals surface area contributed by atoms with E-state index in [-0.39, 0.29) is 12.5 Å². The van der Waals surface area contributed by atoms with Crippen LogP contribution in [-0.4, -0.2) is 54.3 Å². The van der Waals surface area contributed by atoms with Crippen molar-refractivity contribution >= 4 is 11.9 Å². The van der Waals surface area contributed by atoms with Crippen LogP contribution in [-0.2, 0) is 20.9 Å². The highest BCUT2D eigenvalue weighted by Gasteiger charge is 2.42. The molecule has 6 heteroatoms. The number of hydrogen-bond acceptors (Lipinski definition) is 4. The van der Waals surface area contributed by atoms with Gasteiger partial charge in [-0.3, -0.25) is 4.79 Å². The van der Waals surface area contributed by atoms with Gasteiger partial charge in [0, 0.05) is 12.7 Å². The maximum Gasteiger partial charge on any atom is 0.329 e. The van der Waals surface area contributed by atoms with Crippen LogP contribution in [0.1, 0.15) is 22.8 Å². The number of rotatable bonds is 6. The van der Waals surface area contributed by atoms with Crippen molar-refractivity contribution in [3.63, 3.8) is 0 Å². The van der Waals surface area contributed by atoms with Crippen LogP contribution < -0.4 is 0 Å². The first kappa shape index (κ1) is 15.5. The Labute approximate surface area is 123 Å². The third kappa shape index (κ3) is 3.80. The van der Waals surface area contributed by atoms with E-state index in [2.05, 4.69) is 0 Å². The summed E-state index contributed by atoms with van der Waals surface area (Å²) in [5, 5.41) is 8.60. The molecule has 1 N–H and O–H groups in total. The van der Waals surface area contributed by atoms with Crippen LogP contribution in [0.5, 0.6) is 0 Å². The van der Waals surface area contributed by atoms with Crippen molar-refractivity contribution in [3.8, 4) is 0 Å². The van der Waals surface area contributed by atoms with Crippen molar-refractivity contribution in [3.05, 3.63) is 35.4 Å². The van der Waals surface area contributed by atoms with Crippen molar-refractivity contribution in [2.75, 3.05) is 26.8 Å². The largest absolute Gasteiger partial charge is 0.480 e. The smallest absolute Gasteiger partial charge is 0.329 e. The molecule has 0 aromatic heterocycles. The first-order valence-electron chi connectivity index (χ1n) is 6.66. The summed E-state index contributed by atoms with van der Waals surface area (Å²) in [6.45, 7) is 2.78. The Balaban J connectivity index is 1.89. The molecule has 2 rings (SSSR count). The number of aliphatic carboxylic acids is 1. The fourth-order valence-corrected chi connectivity index (χ4v) is 2.32. The van der Waals surface area contributed by atoms with Crippen molar-refractivity contribution in [1.29, 1.82) is 0 Å². The van der Waals surface area contributed by atoms with E-state index < -0.39 is 11.6 Å². The number of methoxy groups -OCH3 is 1. The second kappa shape index (κ2) is 6.24. The number of amides is 1. The van der Waals surface area contributed by atoms with E-state index in [1.165, 1.54) is 0 Å². The zero-order valence-electron chi connectivity index (χ0n) is 12.2. The molecule has 6 nitrogen and oxygen atoms in total. The molecular formula is C15H19NO5. The third-order valence-electron chi connectivity index (χ3n) is 3.39. The molecule has 1 aromatic carbocycles. The maximum atomic E-state index is 12.2. The fourth-order valence-electron chi connectivity index (χ4n) is 2.32. The Bertz CT molecular complexity index is 519. The predicted octanol–water partition coefficient (Wildman–Crippen LogP) is 1.15. The lowest BCUT2D eigenvalue weighted by Crippen LogP contribution is -2.63. The van der Waals surface area contributed by atoms with Gasteiger partial charge in [0.05, 0.1) is 19.7 Å². The molecule has 0 spiro atoms. The van der Waals surface area contributed by atoms with Crippen LogP contribution >= 0.6 is 0 Å². The standard InChI is InChI=1S/C15H19NO5/c1-15(21-8-13(17)18)9-16(10-15)14(19)12-5-3-11(4-6-12)7-20-2/h3-6H,7-10H2,1-2H3,(H,17,18). The number of carbonyl (C=O) groups excluding carboxylic acids is 1. The molecule has 0 aliphatic carbocycles. The molecule has 1 saturated heterocycles. The molecule has 0 bridgehead atoms. The zero-order valence-corrected chi connectivity index (χ0v) is 12.2. The summed E-state index contributed by atoms with van der Waals surface area (Å²) in [6, 6.07) is 7.25. The molecule has 1 aliphatic heterocycles. The quantitative estimate of drug-likeness (QED) is 0.851. The van der Waals surface area contributed by atoms with Crippen LogP contribution in [0.4, 0.5) is 0 Å². The van der Waals surface area contributed by atoms with Crippen LogP contribution in [0.15, 0.2) is 24.3 Å². The van der Waals surface area contributed by atoms with Gasteiger partial charge in [-0.05, 0) is 24.6 Å². The Morgan fingerprint density at radius 3 is 2.43 bits per heavy atom. The van der Waals surface area contributed by atoms with Gasteiger partial charge in [0.15, 0.2) is 0 Å². The topological polar surface area (TPSA) is 76.1 Å². The number of nitrogens with zero attached hydrogens (tertiary/aromatic N) is 1. The zero-order chi connectivity index (χ0) is 15.5. The van der Waals surface area contributed by atoms with Crippen molar-refractivity contribution in [2.45, 2.75) is 19.1 Å². The van der Waals surface area contributed by atoms with E-state index >= 15 is 0 Å². The summed E-state index contributed by atoms with van der Waals surface area (Å²) in [7, 11) is 1.62. The van der Waals surface area contributed by atoms with E-state index in [9.17, 15) is 9.59 Å². The average molecular weight is 293 g/mol. The summed E-state index contributed by atoms with van der Waals surface area (Å²) < 4.78 is 10.3. The molecule has 1 fully saturated rings. The molecule has 0 unspecified atom stereocenters. The fraction of sp³-hybridized carbons (Fsp3) is 0.467. The summed E-state index contributed by atoms with van der Waals surface area (Å²) in [6.07, 6.45) is 0. The summed E-state index contributed by atoms with van der Waals surface area (Å²) >= 11 is 0. The van der Waals surface area contributed by atoms with Gasteiger partial charge < -0.3 is 19.5 Å². The van der Waals surface area contributed by atoms with Crippen LogP contribution in [0.2, 0.25) is 0 Å². The Morgan fingerprint density at radius 1 is 1.29 bits per heavy atom. The molecule has 1 aromatic rings. The summed E-state index contributed by atoms with van der Waals surface area (Å²) in [4.78, 5) is 24.4. The first-order chi connectivity index (χ1) is 9.93. The minimum Gasteiger partial charge on any atom is -0.480 e. The average Bonchev–Trinajstić information content (AvgIpc) is 2.42. The first-order valence-corrected chi connectivity index (χ1v) is 6.66. The van der Waals surface area contributed by atoms with E-state index in [4.69, 9.17) is 14.6 Å². The van der Waals surface area contributed by atoms with Crippen LogP contribution in [0.25, 0.3) is 0 Å². The third-order valence-corrected chi connectivity index (χ3v) is 3.39. The van der Waals surface area contributed by atoms with E-state index in [0.717, 1.165) is 5.56 Å². The molecule has 0 atom stereocenters. The maximum absolute atomic E-state index is 12.2. The lowest BCUT2D eigenvalue weighted by molar-refractivity contribution is -0.159. The monoisotopic (exact) mass is 293 g/mol. The van der Waals surface area contributed by atoms with Gasteiger partial charge >= 0.3 is 5.97 Å². The normalized spacial score (nSPS) is 16.4. The second-order valence-corrected chi connectivity index (χ2v) is 5.42. The number of carboxylic acids is 1. The van der Waals surface area contributed by atoms with Crippen LogP contribution in [0.3, 0.4) is 0 Å².